The molecule has 39 heavy (non-hydrogen) atoms. The van der Waals surface area contributed by atoms with E-state index in [1.54, 1.807) is 69.3 Å². The van der Waals surface area contributed by atoms with Gasteiger partial charge in [0.25, 0.3) is 10.0 Å². The van der Waals surface area contributed by atoms with Crippen LogP contribution in [0.2, 0.25) is 15.1 Å². The third-order valence-electron chi connectivity index (χ3n) is 6.00. The highest BCUT2D eigenvalue weighted by atomic mass is 35.5. The first-order valence-electron chi connectivity index (χ1n) is 12.2. The van der Waals surface area contributed by atoms with Crippen LogP contribution in [0.1, 0.15) is 31.9 Å². The minimum absolute atomic E-state index is 0.00730. The smallest absolute Gasteiger partial charge is 0.264 e. The Hall–Kier alpha value is -2.78. The molecule has 3 aromatic carbocycles. The standard InChI is InChI=1S/C28H30Cl3N3O4S/c1-18(2)32-28(36)20(4)33(16-22-23(29)9-7-10-24(22)30)27(35)17-34(26-11-6-5-8-25(26)31)39(37,38)21-14-12-19(3)13-15-21/h5-15,18,20H,16-17H2,1-4H3,(H,32,36)/t20-/m0/s1. The average Bonchev–Trinajstić information content (AvgIpc) is 2.87. The number of carbonyl (C=O) groups excluding carboxylic acids is 2. The van der Waals surface area contributed by atoms with Crippen LogP contribution < -0.4 is 9.62 Å². The molecule has 1 N–H and O–H groups in total. The number of aryl methyl sites for hydroxylation is 1. The Morgan fingerprint density at radius 1 is 0.846 bits per heavy atom. The Kier molecular flexibility index (Phi) is 10.3. The zero-order valence-corrected chi connectivity index (χ0v) is 25.1. The molecule has 0 aliphatic heterocycles. The summed E-state index contributed by atoms with van der Waals surface area (Å²) in [7, 11) is -4.23. The van der Waals surface area contributed by atoms with E-state index in [0.717, 1.165) is 9.87 Å². The molecule has 0 aliphatic rings. The fourth-order valence-corrected chi connectivity index (χ4v) is 6.08. The van der Waals surface area contributed by atoms with Gasteiger partial charge in [-0.05, 0) is 64.1 Å². The van der Waals surface area contributed by atoms with Crippen LogP contribution in [0.4, 0.5) is 5.69 Å². The molecular weight excluding hydrogens is 581 g/mol. The molecule has 2 amide bonds. The zero-order valence-electron chi connectivity index (χ0n) is 22.0. The van der Waals surface area contributed by atoms with E-state index in [1.165, 1.54) is 23.1 Å². The number of hydrogen-bond acceptors (Lipinski definition) is 4. The summed E-state index contributed by atoms with van der Waals surface area (Å²) in [4.78, 5) is 28.2. The molecule has 1 atom stereocenters. The third kappa shape index (κ3) is 7.45. The first kappa shape index (κ1) is 30.8. The van der Waals surface area contributed by atoms with Crippen molar-refractivity contribution in [3.63, 3.8) is 0 Å². The summed E-state index contributed by atoms with van der Waals surface area (Å²) in [5.74, 6) is -1.06. The monoisotopic (exact) mass is 609 g/mol. The lowest BCUT2D eigenvalue weighted by Gasteiger charge is -2.33. The van der Waals surface area contributed by atoms with Gasteiger partial charge < -0.3 is 10.2 Å². The van der Waals surface area contributed by atoms with Gasteiger partial charge >= 0.3 is 0 Å². The van der Waals surface area contributed by atoms with Crippen molar-refractivity contribution in [1.29, 1.82) is 0 Å². The largest absolute Gasteiger partial charge is 0.352 e. The molecule has 0 spiro atoms. The first-order chi connectivity index (χ1) is 18.3. The maximum Gasteiger partial charge on any atom is 0.264 e. The number of benzene rings is 3. The van der Waals surface area contributed by atoms with Crippen molar-refractivity contribution in [2.75, 3.05) is 10.8 Å². The minimum Gasteiger partial charge on any atom is -0.352 e. The number of nitrogens with zero attached hydrogens (tertiary/aromatic N) is 2. The number of rotatable bonds is 10. The normalized spacial score (nSPS) is 12.2. The van der Waals surface area contributed by atoms with Crippen LogP contribution >= 0.6 is 34.8 Å². The van der Waals surface area contributed by atoms with Crippen molar-refractivity contribution in [3.05, 3.63) is 92.9 Å². The van der Waals surface area contributed by atoms with Gasteiger partial charge in [-0.2, -0.15) is 0 Å². The highest BCUT2D eigenvalue weighted by Gasteiger charge is 2.34. The van der Waals surface area contributed by atoms with Crippen LogP contribution in [-0.4, -0.2) is 43.8 Å². The molecule has 0 fully saturated rings. The quantitative estimate of drug-likeness (QED) is 0.301. The Bertz CT molecular complexity index is 1430. The topological polar surface area (TPSA) is 86.8 Å². The van der Waals surface area contributed by atoms with E-state index < -0.39 is 34.4 Å². The molecule has 0 unspecified atom stereocenters. The molecule has 3 aromatic rings. The van der Waals surface area contributed by atoms with Crippen molar-refractivity contribution < 1.29 is 18.0 Å². The van der Waals surface area contributed by atoms with E-state index in [4.69, 9.17) is 34.8 Å². The van der Waals surface area contributed by atoms with Gasteiger partial charge in [-0.25, -0.2) is 8.42 Å². The summed E-state index contributed by atoms with van der Waals surface area (Å²) >= 11 is 19.2. The van der Waals surface area contributed by atoms with Crippen LogP contribution in [-0.2, 0) is 26.2 Å². The number of nitrogens with one attached hydrogen (secondary N) is 1. The number of anilines is 1. The Morgan fingerprint density at radius 2 is 1.41 bits per heavy atom. The van der Waals surface area contributed by atoms with Crippen molar-refractivity contribution in [3.8, 4) is 0 Å². The fraction of sp³-hybridized carbons (Fsp3) is 0.286. The van der Waals surface area contributed by atoms with E-state index >= 15 is 0 Å². The summed E-state index contributed by atoms with van der Waals surface area (Å²) in [5, 5.41) is 3.57. The first-order valence-corrected chi connectivity index (χ1v) is 14.8. The van der Waals surface area contributed by atoms with Gasteiger partial charge in [-0.15, -0.1) is 0 Å². The van der Waals surface area contributed by atoms with Gasteiger partial charge in [-0.3, -0.25) is 13.9 Å². The van der Waals surface area contributed by atoms with E-state index in [0.29, 0.717) is 15.6 Å². The fourth-order valence-electron chi connectivity index (χ4n) is 3.85. The number of hydrogen-bond donors (Lipinski definition) is 1. The zero-order chi connectivity index (χ0) is 28.9. The Balaban J connectivity index is 2.08. The molecule has 0 aliphatic carbocycles. The maximum absolute atomic E-state index is 13.9. The van der Waals surface area contributed by atoms with Crippen LogP contribution in [0.5, 0.6) is 0 Å². The maximum atomic E-state index is 13.9. The highest BCUT2D eigenvalue weighted by Crippen LogP contribution is 2.31. The van der Waals surface area contributed by atoms with Crippen molar-refractivity contribution >= 4 is 62.3 Å². The molecular formula is C28H30Cl3N3O4S. The lowest BCUT2D eigenvalue weighted by Crippen LogP contribution is -2.52. The minimum atomic E-state index is -4.23. The van der Waals surface area contributed by atoms with Crippen molar-refractivity contribution in [1.82, 2.24) is 10.2 Å². The molecule has 0 bridgehead atoms. The van der Waals surface area contributed by atoms with Gasteiger partial charge in [0.15, 0.2) is 0 Å². The molecule has 0 radical (unpaired) electrons. The molecule has 11 heteroatoms. The lowest BCUT2D eigenvalue weighted by atomic mass is 10.1. The molecule has 0 saturated heterocycles. The number of sulfonamides is 1. The number of carbonyl (C=O) groups is 2. The van der Waals surface area contributed by atoms with Gasteiger partial charge in [0.05, 0.1) is 15.6 Å². The summed E-state index contributed by atoms with van der Waals surface area (Å²) in [5.41, 5.74) is 1.44. The predicted octanol–water partition coefficient (Wildman–Crippen LogP) is 6.09. The van der Waals surface area contributed by atoms with Gasteiger partial charge in [-0.1, -0.05) is 70.7 Å². The number of halogens is 3. The highest BCUT2D eigenvalue weighted by molar-refractivity contribution is 7.92. The lowest BCUT2D eigenvalue weighted by molar-refractivity contribution is -0.139. The molecule has 0 heterocycles. The summed E-state index contributed by atoms with van der Waals surface area (Å²) in [6.45, 7) is 6.26. The Labute approximate surface area is 244 Å². The molecule has 0 aromatic heterocycles. The van der Waals surface area contributed by atoms with E-state index in [1.807, 2.05) is 6.92 Å². The Morgan fingerprint density at radius 3 is 1.97 bits per heavy atom. The summed E-state index contributed by atoms with van der Waals surface area (Å²) < 4.78 is 28.6. The number of para-hydroxylation sites is 1. The van der Waals surface area contributed by atoms with E-state index in [2.05, 4.69) is 5.32 Å². The van der Waals surface area contributed by atoms with E-state index in [-0.39, 0.29) is 28.2 Å². The van der Waals surface area contributed by atoms with Crippen LogP contribution in [0, 0.1) is 6.92 Å². The van der Waals surface area contributed by atoms with Gasteiger partial charge in [0, 0.05) is 28.2 Å². The van der Waals surface area contributed by atoms with Gasteiger partial charge in [0.1, 0.15) is 12.6 Å². The molecule has 208 valence electrons. The van der Waals surface area contributed by atoms with Crippen molar-refractivity contribution in [2.24, 2.45) is 0 Å². The van der Waals surface area contributed by atoms with Gasteiger partial charge in [0.2, 0.25) is 11.8 Å². The van der Waals surface area contributed by atoms with Crippen LogP contribution in [0.25, 0.3) is 0 Å². The second-order valence-electron chi connectivity index (χ2n) is 9.34. The average molecular weight is 611 g/mol. The third-order valence-corrected chi connectivity index (χ3v) is 8.80. The summed E-state index contributed by atoms with van der Waals surface area (Å²) in [6, 6.07) is 16.4. The second kappa shape index (κ2) is 13.0. The van der Waals surface area contributed by atoms with Crippen LogP contribution in [0.3, 0.4) is 0 Å². The molecule has 7 nitrogen and oxygen atoms in total. The van der Waals surface area contributed by atoms with Crippen LogP contribution in [0.15, 0.2) is 71.6 Å². The van der Waals surface area contributed by atoms with E-state index in [9.17, 15) is 18.0 Å². The van der Waals surface area contributed by atoms with Crippen molar-refractivity contribution in [2.45, 2.75) is 51.2 Å². The summed E-state index contributed by atoms with van der Waals surface area (Å²) in [6.07, 6.45) is 0. The SMILES string of the molecule is Cc1ccc(S(=O)(=O)N(CC(=O)N(Cc2c(Cl)cccc2Cl)[C@@H](C)C(=O)NC(C)C)c2ccccc2Cl)cc1. The second-order valence-corrected chi connectivity index (χ2v) is 12.4. The predicted molar refractivity (Wildman–Crippen MR) is 157 cm³/mol. The molecule has 0 saturated carbocycles. The molecule has 3 rings (SSSR count). The number of amides is 2.